The summed E-state index contributed by atoms with van der Waals surface area (Å²) >= 11 is 6.10. The van der Waals surface area contributed by atoms with Crippen LogP contribution >= 0.6 is 11.6 Å². The highest BCUT2D eigenvalue weighted by Crippen LogP contribution is 2.29. The maximum absolute atomic E-state index is 6.10. The van der Waals surface area contributed by atoms with Gasteiger partial charge in [-0.05, 0) is 42.8 Å². The average molecular weight is 516 g/mol. The van der Waals surface area contributed by atoms with Crippen LogP contribution in [0.15, 0.2) is 54.9 Å². The number of aryl methyl sites for hydroxylation is 1. The van der Waals surface area contributed by atoms with Gasteiger partial charge in [0.25, 0.3) is 0 Å². The fraction of sp³-hybridized carbons (Fsp3) is 0.444. The summed E-state index contributed by atoms with van der Waals surface area (Å²) in [6.07, 6.45) is 3.74. The van der Waals surface area contributed by atoms with E-state index in [4.69, 9.17) is 35.3 Å². The van der Waals surface area contributed by atoms with Gasteiger partial charge in [-0.2, -0.15) is 0 Å². The number of imidazole rings is 1. The summed E-state index contributed by atoms with van der Waals surface area (Å²) in [5.41, 5.74) is 0.518. The Labute approximate surface area is 217 Å². The minimum atomic E-state index is -0.600. The molecule has 0 N–H and O–H groups in total. The maximum atomic E-state index is 6.10. The molecule has 0 aliphatic carbocycles. The molecule has 8 nitrogen and oxygen atoms in total. The number of hydrogen-bond acceptors (Lipinski definition) is 7. The van der Waals surface area contributed by atoms with Crippen LogP contribution in [0.1, 0.15) is 11.4 Å². The molecule has 36 heavy (non-hydrogen) atoms. The molecule has 1 aromatic heterocycles. The zero-order valence-corrected chi connectivity index (χ0v) is 21.9. The van der Waals surface area contributed by atoms with Gasteiger partial charge in [0.1, 0.15) is 30.4 Å². The second kappa shape index (κ2) is 12.5. The Morgan fingerprint density at radius 3 is 2.75 bits per heavy atom. The minimum absolute atomic E-state index is 0.354. The lowest BCUT2D eigenvalue weighted by Crippen LogP contribution is -2.50. The third-order valence-electron chi connectivity index (χ3n) is 6.31. The quantitative estimate of drug-likeness (QED) is 0.378. The van der Waals surface area contributed by atoms with Crippen LogP contribution in [0, 0.1) is 6.92 Å². The maximum Gasteiger partial charge on any atom is 0.161 e. The van der Waals surface area contributed by atoms with E-state index in [0.717, 1.165) is 36.8 Å². The first-order valence-electron chi connectivity index (χ1n) is 12.0. The molecule has 3 aromatic rings. The van der Waals surface area contributed by atoms with Gasteiger partial charge in [0.2, 0.25) is 0 Å². The summed E-state index contributed by atoms with van der Waals surface area (Å²) in [7, 11) is 3.36. The Morgan fingerprint density at radius 2 is 2.00 bits per heavy atom. The van der Waals surface area contributed by atoms with Crippen molar-refractivity contribution in [2.24, 2.45) is 0 Å². The highest BCUT2D eigenvalue weighted by Gasteiger charge is 2.36. The molecule has 0 saturated carbocycles. The van der Waals surface area contributed by atoms with Crippen LogP contribution in [0.5, 0.6) is 17.2 Å². The van der Waals surface area contributed by atoms with Crippen LogP contribution < -0.4 is 14.2 Å². The van der Waals surface area contributed by atoms with Crippen LogP contribution in [-0.2, 0) is 22.6 Å². The van der Waals surface area contributed by atoms with Crippen molar-refractivity contribution >= 4 is 11.6 Å². The van der Waals surface area contributed by atoms with Gasteiger partial charge < -0.3 is 28.3 Å². The Morgan fingerprint density at radius 1 is 1.11 bits per heavy atom. The van der Waals surface area contributed by atoms with Crippen molar-refractivity contribution in [1.29, 1.82) is 0 Å². The molecule has 1 aliphatic heterocycles. The van der Waals surface area contributed by atoms with Crippen molar-refractivity contribution in [2.45, 2.75) is 25.6 Å². The molecule has 1 saturated heterocycles. The van der Waals surface area contributed by atoms with Gasteiger partial charge in [-0.1, -0.05) is 23.7 Å². The second-order valence-corrected chi connectivity index (χ2v) is 9.33. The summed E-state index contributed by atoms with van der Waals surface area (Å²) in [6, 6.07) is 13.4. The van der Waals surface area contributed by atoms with E-state index in [-0.39, 0.29) is 0 Å². The third kappa shape index (κ3) is 6.91. The number of benzene rings is 2. The van der Waals surface area contributed by atoms with Crippen molar-refractivity contribution in [1.82, 2.24) is 14.5 Å². The largest absolute Gasteiger partial charge is 0.493 e. The normalized spacial score (nSPS) is 18.6. The van der Waals surface area contributed by atoms with Crippen molar-refractivity contribution < 1.29 is 23.7 Å². The molecular weight excluding hydrogens is 482 g/mol. The highest BCUT2D eigenvalue weighted by molar-refractivity contribution is 6.30. The van der Waals surface area contributed by atoms with Crippen molar-refractivity contribution in [3.8, 4) is 17.2 Å². The third-order valence-corrected chi connectivity index (χ3v) is 6.54. The van der Waals surface area contributed by atoms with E-state index in [1.165, 1.54) is 0 Å². The molecular formula is C27H34ClN3O5. The molecule has 1 aliphatic rings. The number of methoxy groups -OCH3 is 2. The predicted molar refractivity (Wildman–Crippen MR) is 138 cm³/mol. The zero-order chi connectivity index (χ0) is 25.4. The van der Waals surface area contributed by atoms with E-state index in [2.05, 4.69) is 20.5 Å². The molecule has 0 amide bonds. The average Bonchev–Trinajstić information content (AvgIpc) is 3.18. The number of rotatable bonds is 11. The van der Waals surface area contributed by atoms with Crippen LogP contribution in [0.4, 0.5) is 0 Å². The fourth-order valence-electron chi connectivity index (χ4n) is 4.24. The van der Waals surface area contributed by atoms with Gasteiger partial charge in [0.15, 0.2) is 11.5 Å². The first kappa shape index (κ1) is 26.3. The first-order chi connectivity index (χ1) is 17.5. The molecule has 1 fully saturated rings. The molecule has 2 heterocycles. The highest BCUT2D eigenvalue weighted by atomic mass is 35.5. The van der Waals surface area contributed by atoms with Crippen LogP contribution in [0.2, 0.25) is 5.02 Å². The van der Waals surface area contributed by atoms with E-state index < -0.39 is 5.60 Å². The topological polar surface area (TPSA) is 67.2 Å². The Kier molecular flexibility index (Phi) is 9.09. The van der Waals surface area contributed by atoms with Crippen molar-refractivity contribution in [3.63, 3.8) is 0 Å². The lowest BCUT2D eigenvalue weighted by molar-refractivity contribution is -0.0925. The molecule has 2 aromatic carbocycles. The van der Waals surface area contributed by atoms with E-state index >= 15 is 0 Å². The van der Waals surface area contributed by atoms with E-state index in [1.807, 2.05) is 43.5 Å². The fourth-order valence-corrected chi connectivity index (χ4v) is 4.42. The molecule has 0 radical (unpaired) electrons. The van der Waals surface area contributed by atoms with Crippen molar-refractivity contribution in [3.05, 3.63) is 71.3 Å². The Balaban J connectivity index is 1.38. The standard InChI is InChI=1S/C27H34ClN3O5/c1-21-29-9-10-31(21)12-14-35-25-8-7-22(15-26(25)32-2)17-30-11-13-34-19-27(18-30,33-3)20-36-24-6-4-5-23(28)16-24/h4-10,15-16H,11-14,17-20H2,1-3H3/t27-/m1/s1. The van der Waals surface area contributed by atoms with Crippen LogP contribution in [-0.4, -0.2) is 73.8 Å². The molecule has 0 unspecified atom stereocenters. The number of hydrogen-bond donors (Lipinski definition) is 0. The Hall–Kier alpha value is -2.78. The zero-order valence-electron chi connectivity index (χ0n) is 21.1. The van der Waals surface area contributed by atoms with Crippen LogP contribution in [0.3, 0.4) is 0 Å². The molecule has 0 bridgehead atoms. The summed E-state index contributed by atoms with van der Waals surface area (Å²) in [6.45, 7) is 6.82. The second-order valence-electron chi connectivity index (χ2n) is 8.90. The smallest absolute Gasteiger partial charge is 0.161 e. The van der Waals surface area contributed by atoms with Gasteiger partial charge >= 0.3 is 0 Å². The molecule has 194 valence electrons. The molecule has 0 spiro atoms. The summed E-state index contributed by atoms with van der Waals surface area (Å²) in [5.74, 6) is 3.10. The van der Waals surface area contributed by atoms with Gasteiger partial charge in [0, 0.05) is 44.2 Å². The summed E-state index contributed by atoms with van der Waals surface area (Å²) in [4.78, 5) is 6.56. The minimum Gasteiger partial charge on any atom is -0.493 e. The van der Waals surface area contributed by atoms with E-state index in [1.54, 1.807) is 26.5 Å². The van der Waals surface area contributed by atoms with Gasteiger partial charge in [-0.3, -0.25) is 4.90 Å². The van der Waals surface area contributed by atoms with Gasteiger partial charge in [-0.15, -0.1) is 0 Å². The number of ether oxygens (including phenoxy) is 5. The summed E-state index contributed by atoms with van der Waals surface area (Å²) < 4.78 is 31.6. The number of halogens is 1. The van der Waals surface area contributed by atoms with E-state index in [9.17, 15) is 0 Å². The molecule has 1 atom stereocenters. The number of aromatic nitrogens is 2. The molecule has 9 heteroatoms. The van der Waals surface area contributed by atoms with Gasteiger partial charge in [0.05, 0.1) is 26.9 Å². The lowest BCUT2D eigenvalue weighted by atomic mass is 10.1. The monoisotopic (exact) mass is 515 g/mol. The lowest BCUT2D eigenvalue weighted by Gasteiger charge is -2.34. The SMILES string of the molecule is COc1cc(CN2CCOC[C@](COc3cccc(Cl)c3)(OC)C2)ccc1OCCn1ccnc1C. The summed E-state index contributed by atoms with van der Waals surface area (Å²) in [5, 5.41) is 0.635. The van der Waals surface area contributed by atoms with Gasteiger partial charge in [-0.25, -0.2) is 4.98 Å². The molecule has 4 rings (SSSR count). The predicted octanol–water partition coefficient (Wildman–Crippen LogP) is 4.23. The Bertz CT molecular complexity index is 1120. The first-order valence-corrected chi connectivity index (χ1v) is 12.4. The van der Waals surface area contributed by atoms with Crippen molar-refractivity contribution in [2.75, 3.05) is 53.7 Å². The van der Waals surface area contributed by atoms with E-state index in [0.29, 0.717) is 49.5 Å². The number of nitrogens with zero attached hydrogens (tertiary/aromatic N) is 3. The van der Waals surface area contributed by atoms with Crippen LogP contribution in [0.25, 0.3) is 0 Å².